The fraction of sp³-hybridized carbons (Fsp3) is 0.107. The smallest absolute Gasteiger partial charge is 0.0443 e. The first-order valence-corrected chi connectivity index (χ1v) is 20.9. The molecule has 0 unspecified atom stereocenters. The first-order valence-electron chi connectivity index (χ1n) is 20.9. The molecule has 0 saturated heterocycles. The summed E-state index contributed by atoms with van der Waals surface area (Å²) in [6, 6.07) is 64.0. The molecule has 2 aliphatic heterocycles. The predicted molar refractivity (Wildman–Crippen MR) is 247 cm³/mol. The molecule has 2 heteroatoms. The standard InChI is InChI=1S/C56H42N2/c1-36-43-19-6-7-21-45(43)46-28-25-40(33-50(36)46)55-48-29-26-41(57-31-11-17-38-14-3-8-23-53(38)57)34-51(48)56(47-22-10-16-37-13-2-5-20-44(37)47)52-35-42(27-30-49(52)55)58-32-12-18-39-15-4-9-24-54(39)58/h2-10,13-16,19-30,33-35H,1,11-12,17-18,31-32H2. The third-order valence-corrected chi connectivity index (χ3v) is 13.2. The molecule has 12 rings (SSSR count). The first kappa shape index (κ1) is 33.3. The van der Waals surface area contributed by atoms with Gasteiger partial charge in [0, 0.05) is 35.8 Å². The number of para-hydroxylation sites is 2. The molecule has 0 saturated carbocycles. The molecule has 0 amide bonds. The lowest BCUT2D eigenvalue weighted by Gasteiger charge is -2.32. The molecule has 0 N–H and O–H groups in total. The molecule has 276 valence electrons. The van der Waals surface area contributed by atoms with Gasteiger partial charge < -0.3 is 9.80 Å². The van der Waals surface area contributed by atoms with E-state index in [1.807, 2.05) is 0 Å². The van der Waals surface area contributed by atoms with Crippen molar-refractivity contribution in [2.75, 3.05) is 22.9 Å². The van der Waals surface area contributed by atoms with Gasteiger partial charge in [-0.2, -0.15) is 0 Å². The second kappa shape index (κ2) is 13.1. The molecule has 9 aromatic rings. The predicted octanol–water partition coefficient (Wildman–Crippen LogP) is 14.7. The van der Waals surface area contributed by atoms with Crippen LogP contribution in [0.5, 0.6) is 0 Å². The van der Waals surface area contributed by atoms with Gasteiger partial charge >= 0.3 is 0 Å². The first-order chi connectivity index (χ1) is 28.7. The van der Waals surface area contributed by atoms with Crippen molar-refractivity contribution in [1.29, 1.82) is 0 Å². The minimum atomic E-state index is 0.999. The quantitative estimate of drug-likeness (QED) is 0.166. The van der Waals surface area contributed by atoms with Crippen LogP contribution in [0.1, 0.15) is 35.1 Å². The van der Waals surface area contributed by atoms with Gasteiger partial charge in [-0.1, -0.05) is 134 Å². The average molecular weight is 743 g/mol. The maximum atomic E-state index is 4.63. The monoisotopic (exact) mass is 742 g/mol. The van der Waals surface area contributed by atoms with Crippen LogP contribution in [0.4, 0.5) is 22.7 Å². The number of hydrogen-bond donors (Lipinski definition) is 0. The Morgan fingerprint density at radius 1 is 0.379 bits per heavy atom. The van der Waals surface area contributed by atoms with E-state index in [0.29, 0.717) is 0 Å². The molecule has 0 spiro atoms. The molecular formula is C56H42N2. The van der Waals surface area contributed by atoms with Gasteiger partial charge in [0.15, 0.2) is 0 Å². The molecule has 0 radical (unpaired) electrons. The summed E-state index contributed by atoms with van der Waals surface area (Å²) < 4.78 is 0. The van der Waals surface area contributed by atoms with Crippen molar-refractivity contribution >= 4 is 60.6 Å². The van der Waals surface area contributed by atoms with Crippen molar-refractivity contribution in [2.45, 2.75) is 25.7 Å². The van der Waals surface area contributed by atoms with Crippen molar-refractivity contribution in [3.63, 3.8) is 0 Å². The molecule has 58 heavy (non-hydrogen) atoms. The SMILES string of the molecule is C=C1c2ccccc2-c2ccc(-c3c4ccc(N5CCCc6ccccc65)cc4c(-c4cccc5ccccc45)c4cc(N5CCCc6ccccc65)ccc34)cc21. The fourth-order valence-electron chi connectivity index (χ4n) is 10.5. The van der Waals surface area contributed by atoms with Crippen molar-refractivity contribution in [3.05, 3.63) is 199 Å². The van der Waals surface area contributed by atoms with E-state index >= 15 is 0 Å². The van der Waals surface area contributed by atoms with Gasteiger partial charge in [-0.15, -0.1) is 0 Å². The maximum Gasteiger partial charge on any atom is 0.0443 e. The number of anilines is 4. The van der Waals surface area contributed by atoms with Crippen LogP contribution in [0.15, 0.2) is 176 Å². The summed E-state index contributed by atoms with van der Waals surface area (Å²) in [7, 11) is 0. The number of benzene rings is 9. The third-order valence-electron chi connectivity index (χ3n) is 13.2. The third kappa shape index (κ3) is 5.04. The summed E-state index contributed by atoms with van der Waals surface area (Å²) in [5.74, 6) is 0. The van der Waals surface area contributed by atoms with Crippen LogP contribution in [0.25, 0.3) is 71.3 Å². The van der Waals surface area contributed by atoms with Gasteiger partial charge in [0.2, 0.25) is 0 Å². The van der Waals surface area contributed by atoms with Crippen molar-refractivity contribution < 1.29 is 0 Å². The van der Waals surface area contributed by atoms with Crippen LogP contribution in [-0.4, -0.2) is 13.1 Å². The normalized spacial score (nSPS) is 14.4. The lowest BCUT2D eigenvalue weighted by Crippen LogP contribution is -2.24. The molecule has 2 nitrogen and oxygen atoms in total. The van der Waals surface area contributed by atoms with E-state index in [1.165, 1.54) is 111 Å². The van der Waals surface area contributed by atoms with E-state index in [9.17, 15) is 0 Å². The van der Waals surface area contributed by atoms with Crippen molar-refractivity contribution in [2.24, 2.45) is 0 Å². The summed E-state index contributed by atoms with van der Waals surface area (Å²) in [6.45, 7) is 6.63. The lowest BCUT2D eigenvalue weighted by molar-refractivity contribution is 0.767. The summed E-state index contributed by atoms with van der Waals surface area (Å²) in [5, 5.41) is 7.61. The molecule has 0 aromatic heterocycles. The van der Waals surface area contributed by atoms with Crippen LogP contribution >= 0.6 is 0 Å². The largest absolute Gasteiger partial charge is 0.341 e. The molecule has 0 atom stereocenters. The Morgan fingerprint density at radius 3 is 1.62 bits per heavy atom. The van der Waals surface area contributed by atoms with Crippen LogP contribution in [0.2, 0.25) is 0 Å². The topological polar surface area (TPSA) is 6.48 Å². The fourth-order valence-corrected chi connectivity index (χ4v) is 10.5. The molecule has 0 bridgehead atoms. The molecule has 1 aliphatic carbocycles. The van der Waals surface area contributed by atoms with Crippen LogP contribution in [-0.2, 0) is 12.8 Å². The van der Waals surface area contributed by atoms with E-state index in [1.54, 1.807) is 0 Å². The Bertz CT molecular complexity index is 3040. The number of hydrogen-bond acceptors (Lipinski definition) is 2. The van der Waals surface area contributed by atoms with Gasteiger partial charge in [0.1, 0.15) is 0 Å². The summed E-state index contributed by atoms with van der Waals surface area (Å²) in [5.41, 5.74) is 19.1. The summed E-state index contributed by atoms with van der Waals surface area (Å²) in [4.78, 5) is 5.10. The van der Waals surface area contributed by atoms with E-state index < -0.39 is 0 Å². The lowest BCUT2D eigenvalue weighted by atomic mass is 9.83. The highest BCUT2D eigenvalue weighted by atomic mass is 15.1. The van der Waals surface area contributed by atoms with Crippen LogP contribution in [0.3, 0.4) is 0 Å². The zero-order valence-corrected chi connectivity index (χ0v) is 32.5. The summed E-state index contributed by atoms with van der Waals surface area (Å²) in [6.07, 6.45) is 4.50. The zero-order chi connectivity index (χ0) is 38.3. The Morgan fingerprint density at radius 2 is 0.931 bits per heavy atom. The molecule has 2 heterocycles. The van der Waals surface area contributed by atoms with Crippen molar-refractivity contribution in [3.8, 4) is 33.4 Å². The number of aryl methyl sites for hydroxylation is 2. The van der Waals surface area contributed by atoms with E-state index in [-0.39, 0.29) is 0 Å². The number of rotatable bonds is 4. The Labute approximate surface area is 339 Å². The second-order valence-electron chi connectivity index (χ2n) is 16.3. The molecule has 9 aromatic carbocycles. The van der Waals surface area contributed by atoms with Crippen LogP contribution in [0, 0.1) is 0 Å². The molecular weight excluding hydrogens is 701 g/mol. The van der Waals surface area contributed by atoms with Gasteiger partial charge in [-0.05, 0) is 162 Å². The number of fused-ring (bicyclic) bond motifs is 8. The Hall–Kier alpha value is -6.90. The van der Waals surface area contributed by atoms with Crippen molar-refractivity contribution in [1.82, 2.24) is 0 Å². The maximum absolute atomic E-state index is 4.63. The Kier molecular flexibility index (Phi) is 7.50. The highest BCUT2D eigenvalue weighted by molar-refractivity contribution is 6.25. The summed E-state index contributed by atoms with van der Waals surface area (Å²) >= 11 is 0. The van der Waals surface area contributed by atoms with Gasteiger partial charge in [-0.25, -0.2) is 0 Å². The minimum absolute atomic E-state index is 0.999. The van der Waals surface area contributed by atoms with Gasteiger partial charge in [0.05, 0.1) is 0 Å². The van der Waals surface area contributed by atoms with Gasteiger partial charge in [-0.3, -0.25) is 0 Å². The zero-order valence-electron chi connectivity index (χ0n) is 32.5. The van der Waals surface area contributed by atoms with E-state index in [0.717, 1.165) is 44.3 Å². The average Bonchev–Trinajstić information content (AvgIpc) is 3.57. The van der Waals surface area contributed by atoms with Gasteiger partial charge in [0.25, 0.3) is 0 Å². The molecule has 3 aliphatic rings. The second-order valence-corrected chi connectivity index (χ2v) is 16.3. The van der Waals surface area contributed by atoms with Crippen LogP contribution < -0.4 is 9.80 Å². The van der Waals surface area contributed by atoms with E-state index in [2.05, 4.69) is 186 Å². The highest BCUT2D eigenvalue weighted by Crippen LogP contribution is 2.51. The highest BCUT2D eigenvalue weighted by Gasteiger charge is 2.27. The number of nitrogens with zero attached hydrogens (tertiary/aromatic N) is 2. The minimum Gasteiger partial charge on any atom is -0.341 e. The Balaban J connectivity index is 1.19. The molecule has 0 fully saturated rings. The van der Waals surface area contributed by atoms with E-state index in [4.69, 9.17) is 0 Å².